The van der Waals surface area contributed by atoms with Crippen LogP contribution in [0.2, 0.25) is 0 Å². The van der Waals surface area contributed by atoms with Gasteiger partial charge in [0.25, 0.3) is 0 Å². The zero-order valence-electron chi connectivity index (χ0n) is 15.3. The van der Waals surface area contributed by atoms with Gasteiger partial charge in [-0.25, -0.2) is 8.42 Å². The van der Waals surface area contributed by atoms with Gasteiger partial charge >= 0.3 is 0 Å². The van der Waals surface area contributed by atoms with Gasteiger partial charge in [-0.3, -0.25) is 4.72 Å². The lowest BCUT2D eigenvalue weighted by atomic mass is 9.89. The van der Waals surface area contributed by atoms with E-state index in [-0.39, 0.29) is 6.10 Å². The van der Waals surface area contributed by atoms with Crippen molar-refractivity contribution in [1.82, 2.24) is 0 Å². The van der Waals surface area contributed by atoms with E-state index >= 15 is 0 Å². The molecule has 3 aromatic rings. The molecule has 28 heavy (non-hydrogen) atoms. The Morgan fingerprint density at radius 2 is 1.82 bits per heavy atom. The minimum atomic E-state index is -3.39. The number of hydrogen-bond acceptors (Lipinski definition) is 4. The summed E-state index contributed by atoms with van der Waals surface area (Å²) in [5.41, 5.74) is 4.10. The number of sulfonamides is 1. The van der Waals surface area contributed by atoms with Crippen molar-refractivity contribution in [2.75, 3.05) is 18.1 Å². The molecule has 0 fully saturated rings. The monoisotopic (exact) mass is 459 g/mol. The maximum atomic E-state index is 11.7. The fourth-order valence-corrected chi connectivity index (χ4v) is 4.40. The summed E-state index contributed by atoms with van der Waals surface area (Å²) in [4.78, 5) is 0. The lowest BCUT2D eigenvalue weighted by molar-refractivity contribution is 0.240. The Bertz CT molecular complexity index is 1150. The Kier molecular flexibility index (Phi) is 4.81. The molecular formula is C21H18BrNO4S. The van der Waals surface area contributed by atoms with Gasteiger partial charge in [-0.1, -0.05) is 36.4 Å². The highest BCUT2D eigenvalue weighted by atomic mass is 79.9. The van der Waals surface area contributed by atoms with Crippen LogP contribution in [0.4, 0.5) is 5.69 Å². The average molecular weight is 460 g/mol. The zero-order chi connectivity index (χ0) is 19.9. The molecule has 1 N–H and O–H groups in total. The highest BCUT2D eigenvalue weighted by Crippen LogP contribution is 2.52. The molecule has 0 aliphatic carbocycles. The molecule has 4 rings (SSSR count). The Balaban J connectivity index is 1.96. The molecule has 7 heteroatoms. The lowest BCUT2D eigenvalue weighted by Crippen LogP contribution is -2.17. The average Bonchev–Trinajstić information content (AvgIpc) is 2.67. The molecule has 1 aliphatic rings. The molecule has 144 valence electrons. The molecule has 1 heterocycles. The van der Waals surface area contributed by atoms with Crippen LogP contribution in [0.3, 0.4) is 0 Å². The Labute approximate surface area is 172 Å². The van der Waals surface area contributed by atoms with Gasteiger partial charge in [0.05, 0.1) is 23.4 Å². The molecule has 5 nitrogen and oxygen atoms in total. The van der Waals surface area contributed by atoms with E-state index in [2.05, 4.69) is 20.7 Å². The number of nitrogens with one attached hydrogen (secondary N) is 1. The fourth-order valence-electron chi connectivity index (χ4n) is 3.42. The third kappa shape index (κ3) is 3.47. The van der Waals surface area contributed by atoms with Crippen LogP contribution in [0.25, 0.3) is 11.1 Å². The lowest BCUT2D eigenvalue weighted by Gasteiger charge is -2.31. The van der Waals surface area contributed by atoms with Crippen LogP contribution in [-0.4, -0.2) is 21.8 Å². The van der Waals surface area contributed by atoms with E-state index in [1.807, 2.05) is 54.6 Å². The minimum absolute atomic E-state index is 0.381. The van der Waals surface area contributed by atoms with E-state index in [1.54, 1.807) is 13.2 Å². The number of rotatable bonds is 4. The zero-order valence-corrected chi connectivity index (χ0v) is 17.7. The standard InChI is InChI=1S/C21H18BrNO4S/c1-26-18-11-10-17(22)21-19(18)15-9-8-14(23-28(2,24)25)12-16(15)20(27-21)13-6-4-3-5-7-13/h3-12,20,23H,1-2H3. The second-order valence-corrected chi connectivity index (χ2v) is 9.14. The number of methoxy groups -OCH3 is 1. The van der Waals surface area contributed by atoms with Gasteiger partial charge in [-0.05, 0) is 51.3 Å². The number of fused-ring (bicyclic) bond motifs is 3. The highest BCUT2D eigenvalue weighted by Gasteiger charge is 2.31. The molecule has 1 aliphatic heterocycles. The second kappa shape index (κ2) is 7.14. The molecule has 0 bridgehead atoms. The van der Waals surface area contributed by atoms with E-state index in [0.717, 1.165) is 33.0 Å². The Morgan fingerprint density at radius 3 is 2.50 bits per heavy atom. The van der Waals surface area contributed by atoms with Crippen molar-refractivity contribution >= 4 is 31.6 Å². The van der Waals surface area contributed by atoms with E-state index in [4.69, 9.17) is 9.47 Å². The van der Waals surface area contributed by atoms with Crippen molar-refractivity contribution in [2.24, 2.45) is 0 Å². The molecule has 0 radical (unpaired) electrons. The molecule has 3 aromatic carbocycles. The van der Waals surface area contributed by atoms with Crippen molar-refractivity contribution in [3.8, 4) is 22.6 Å². The first-order chi connectivity index (χ1) is 13.4. The molecule has 0 saturated carbocycles. The largest absolute Gasteiger partial charge is 0.496 e. The minimum Gasteiger partial charge on any atom is -0.496 e. The Morgan fingerprint density at radius 1 is 1.07 bits per heavy atom. The second-order valence-electron chi connectivity index (χ2n) is 6.54. The molecule has 1 unspecified atom stereocenters. The van der Waals surface area contributed by atoms with Gasteiger partial charge in [-0.15, -0.1) is 0 Å². The van der Waals surface area contributed by atoms with Crippen molar-refractivity contribution in [2.45, 2.75) is 6.10 Å². The quantitative estimate of drug-likeness (QED) is 0.597. The smallest absolute Gasteiger partial charge is 0.229 e. The normalized spacial score (nSPS) is 15.2. The van der Waals surface area contributed by atoms with E-state index in [9.17, 15) is 8.42 Å². The predicted octanol–water partition coefficient (Wildman–Crippen LogP) is 4.98. The van der Waals surface area contributed by atoms with E-state index in [1.165, 1.54) is 0 Å². The van der Waals surface area contributed by atoms with Crippen molar-refractivity contribution in [1.29, 1.82) is 0 Å². The van der Waals surface area contributed by atoms with Gasteiger partial charge in [0.1, 0.15) is 17.6 Å². The summed E-state index contributed by atoms with van der Waals surface area (Å²) >= 11 is 3.58. The van der Waals surface area contributed by atoms with Gasteiger partial charge in [0, 0.05) is 11.3 Å². The Hall–Kier alpha value is -2.51. The van der Waals surface area contributed by atoms with Crippen LogP contribution in [0, 0.1) is 0 Å². The van der Waals surface area contributed by atoms with Crippen LogP contribution in [-0.2, 0) is 10.0 Å². The summed E-state index contributed by atoms with van der Waals surface area (Å²) in [6.07, 6.45) is 0.751. The summed E-state index contributed by atoms with van der Waals surface area (Å²) in [6.45, 7) is 0. The summed E-state index contributed by atoms with van der Waals surface area (Å²) in [7, 11) is -1.77. The summed E-state index contributed by atoms with van der Waals surface area (Å²) < 4.78 is 38.7. The number of hydrogen-bond donors (Lipinski definition) is 1. The van der Waals surface area contributed by atoms with Crippen LogP contribution >= 0.6 is 15.9 Å². The molecule has 0 saturated heterocycles. The maximum absolute atomic E-state index is 11.7. The van der Waals surface area contributed by atoms with Crippen LogP contribution in [0.15, 0.2) is 65.1 Å². The number of ether oxygens (including phenoxy) is 2. The number of anilines is 1. The predicted molar refractivity (Wildman–Crippen MR) is 114 cm³/mol. The van der Waals surface area contributed by atoms with Gasteiger partial charge in [0.15, 0.2) is 0 Å². The molecule has 0 aromatic heterocycles. The highest BCUT2D eigenvalue weighted by molar-refractivity contribution is 9.10. The summed E-state index contributed by atoms with van der Waals surface area (Å²) in [5.74, 6) is 1.39. The molecule has 0 amide bonds. The summed E-state index contributed by atoms with van der Waals surface area (Å²) in [5, 5.41) is 0. The molecule has 1 atom stereocenters. The van der Waals surface area contributed by atoms with Crippen LogP contribution < -0.4 is 14.2 Å². The van der Waals surface area contributed by atoms with E-state index in [0.29, 0.717) is 17.2 Å². The van der Waals surface area contributed by atoms with Crippen molar-refractivity contribution in [3.63, 3.8) is 0 Å². The number of benzene rings is 3. The van der Waals surface area contributed by atoms with Crippen LogP contribution in [0.1, 0.15) is 17.2 Å². The SMILES string of the molecule is COc1ccc(Br)c2c1-c1ccc(NS(C)(=O)=O)cc1C(c1ccccc1)O2. The first kappa shape index (κ1) is 18.8. The van der Waals surface area contributed by atoms with Gasteiger partial charge in [0.2, 0.25) is 10.0 Å². The van der Waals surface area contributed by atoms with E-state index < -0.39 is 10.0 Å². The van der Waals surface area contributed by atoms with Gasteiger partial charge in [-0.2, -0.15) is 0 Å². The summed E-state index contributed by atoms with van der Waals surface area (Å²) in [6, 6.07) is 19.1. The third-order valence-electron chi connectivity index (χ3n) is 4.54. The van der Waals surface area contributed by atoms with Crippen LogP contribution in [0.5, 0.6) is 11.5 Å². The van der Waals surface area contributed by atoms with Crippen molar-refractivity contribution in [3.05, 3.63) is 76.3 Å². The van der Waals surface area contributed by atoms with Crippen molar-refractivity contribution < 1.29 is 17.9 Å². The molecular weight excluding hydrogens is 442 g/mol. The fraction of sp³-hybridized carbons (Fsp3) is 0.143. The topological polar surface area (TPSA) is 64.6 Å². The first-order valence-corrected chi connectivity index (χ1v) is 11.3. The van der Waals surface area contributed by atoms with Gasteiger partial charge < -0.3 is 9.47 Å². The third-order valence-corrected chi connectivity index (χ3v) is 5.77. The first-order valence-electron chi connectivity index (χ1n) is 8.57. The number of halogens is 1. The maximum Gasteiger partial charge on any atom is 0.229 e. The molecule has 0 spiro atoms.